The molecule has 0 spiro atoms. The lowest BCUT2D eigenvalue weighted by atomic mass is 10.0. The number of nitrogens with zero attached hydrogens (tertiary/aromatic N) is 1. The molecule has 6 nitrogen and oxygen atoms in total. The zero-order chi connectivity index (χ0) is 34.5. The maximum absolute atomic E-state index is 12.5. The van der Waals surface area contributed by atoms with Crippen molar-refractivity contribution in [2.45, 2.75) is 219 Å². The fourth-order valence-electron chi connectivity index (χ4n) is 6.35. The van der Waals surface area contributed by atoms with Crippen molar-refractivity contribution in [3.05, 3.63) is 0 Å². The summed E-state index contributed by atoms with van der Waals surface area (Å²) in [6.45, 7) is 10.4. The van der Waals surface area contributed by atoms with Crippen LogP contribution < -0.4 is 0 Å². The van der Waals surface area contributed by atoms with Crippen LogP contribution in [0.25, 0.3) is 0 Å². The van der Waals surface area contributed by atoms with Gasteiger partial charge in [-0.15, -0.1) is 0 Å². The third-order valence-electron chi connectivity index (χ3n) is 9.45. The van der Waals surface area contributed by atoms with Gasteiger partial charge in [0.05, 0.1) is 13.2 Å². The Balaban J connectivity index is 3.79. The second-order valence-electron chi connectivity index (χ2n) is 14.1. The second-order valence-corrected chi connectivity index (χ2v) is 14.1. The zero-order valence-electron chi connectivity index (χ0n) is 31.9. The highest BCUT2D eigenvalue weighted by atomic mass is 16.5. The topological polar surface area (TPSA) is 76.1 Å². The molecule has 0 aromatic rings. The largest absolute Gasteiger partial charge is 0.466 e. The van der Waals surface area contributed by atoms with Crippen molar-refractivity contribution in [2.75, 3.05) is 32.8 Å². The Bertz CT molecular complexity index is 646. The number of aliphatic hydroxyl groups is 1. The Morgan fingerprint density at radius 2 is 0.894 bits per heavy atom. The number of unbranched alkanes of at least 4 members (excludes halogenated alkanes) is 21. The maximum atomic E-state index is 12.5. The summed E-state index contributed by atoms with van der Waals surface area (Å²) in [5.41, 5.74) is 0. The van der Waals surface area contributed by atoms with Crippen molar-refractivity contribution in [2.24, 2.45) is 0 Å². The van der Waals surface area contributed by atoms with Gasteiger partial charge in [0, 0.05) is 19.4 Å². The first-order chi connectivity index (χ1) is 23.1. The van der Waals surface area contributed by atoms with Crippen molar-refractivity contribution in [3.8, 4) is 0 Å². The number of aliphatic hydroxyl groups excluding tert-OH is 1. The number of carbonyl (C=O) groups is 2. The molecule has 0 aromatic heterocycles. The van der Waals surface area contributed by atoms with E-state index >= 15 is 0 Å². The standard InChI is InChI=1S/C41H81NO5/c1-4-7-10-13-22-29-38-46-40(44)32-25-19-17-21-28-35-42(36-37-43)34-27-20-16-14-15-18-26-33-41(45)47-39(30-23-11-8-5-2)31-24-12-9-6-3/h39,43H,4-38H2,1-3H3. The number of hydrogen-bond donors (Lipinski definition) is 1. The van der Waals surface area contributed by atoms with Crippen LogP contribution in [0.4, 0.5) is 0 Å². The van der Waals surface area contributed by atoms with Crippen molar-refractivity contribution in [1.82, 2.24) is 4.90 Å². The molecule has 0 amide bonds. The predicted molar refractivity (Wildman–Crippen MR) is 200 cm³/mol. The van der Waals surface area contributed by atoms with Gasteiger partial charge in [0.2, 0.25) is 0 Å². The van der Waals surface area contributed by atoms with Gasteiger partial charge in [0.25, 0.3) is 0 Å². The van der Waals surface area contributed by atoms with Gasteiger partial charge in [-0.1, -0.05) is 143 Å². The van der Waals surface area contributed by atoms with Crippen LogP contribution in [0.15, 0.2) is 0 Å². The molecule has 0 rings (SSSR count). The van der Waals surface area contributed by atoms with Crippen LogP contribution in [0.3, 0.4) is 0 Å². The third kappa shape index (κ3) is 34.5. The predicted octanol–water partition coefficient (Wildman–Crippen LogP) is 11.5. The average Bonchev–Trinajstić information content (AvgIpc) is 3.06. The van der Waals surface area contributed by atoms with Crippen molar-refractivity contribution < 1.29 is 24.2 Å². The van der Waals surface area contributed by atoms with E-state index in [9.17, 15) is 14.7 Å². The Morgan fingerprint density at radius 3 is 1.38 bits per heavy atom. The van der Waals surface area contributed by atoms with Gasteiger partial charge in [0.1, 0.15) is 6.10 Å². The summed E-state index contributed by atoms with van der Waals surface area (Å²) < 4.78 is 11.3. The number of carbonyl (C=O) groups excluding carboxylic acids is 2. The lowest BCUT2D eigenvalue weighted by molar-refractivity contribution is -0.150. The molecule has 0 bridgehead atoms. The quantitative estimate of drug-likeness (QED) is 0.0521. The van der Waals surface area contributed by atoms with E-state index in [0.717, 1.165) is 77.4 Å². The van der Waals surface area contributed by atoms with Gasteiger partial charge in [-0.25, -0.2) is 0 Å². The smallest absolute Gasteiger partial charge is 0.306 e. The molecule has 0 saturated carbocycles. The molecule has 0 aliphatic heterocycles. The number of esters is 2. The third-order valence-corrected chi connectivity index (χ3v) is 9.45. The van der Waals surface area contributed by atoms with Crippen LogP contribution in [-0.4, -0.2) is 60.9 Å². The molecule has 0 heterocycles. The Hall–Kier alpha value is -1.14. The molecule has 0 saturated heterocycles. The maximum Gasteiger partial charge on any atom is 0.306 e. The lowest BCUT2D eigenvalue weighted by Crippen LogP contribution is -2.29. The summed E-state index contributed by atoms with van der Waals surface area (Å²) >= 11 is 0. The summed E-state index contributed by atoms with van der Waals surface area (Å²) in [4.78, 5) is 26.8. The highest BCUT2D eigenvalue weighted by Gasteiger charge is 2.14. The van der Waals surface area contributed by atoms with Crippen LogP contribution in [0.1, 0.15) is 213 Å². The Kier molecular flexibility index (Phi) is 36.8. The average molecular weight is 668 g/mol. The summed E-state index contributed by atoms with van der Waals surface area (Å²) in [6, 6.07) is 0. The summed E-state index contributed by atoms with van der Waals surface area (Å²) in [7, 11) is 0. The van der Waals surface area contributed by atoms with Gasteiger partial charge >= 0.3 is 11.9 Å². The Labute approximate surface area is 292 Å². The molecule has 0 atom stereocenters. The molecule has 0 radical (unpaired) electrons. The molecule has 0 fully saturated rings. The van der Waals surface area contributed by atoms with Crippen LogP contribution in [0.5, 0.6) is 0 Å². The second kappa shape index (κ2) is 37.7. The van der Waals surface area contributed by atoms with Gasteiger partial charge in [-0.05, 0) is 70.9 Å². The minimum Gasteiger partial charge on any atom is -0.466 e. The fourth-order valence-corrected chi connectivity index (χ4v) is 6.35. The van der Waals surface area contributed by atoms with Crippen LogP contribution in [0.2, 0.25) is 0 Å². The fraction of sp³-hybridized carbons (Fsp3) is 0.951. The summed E-state index contributed by atoms with van der Waals surface area (Å²) in [5.74, 6) is -0.0126. The molecule has 47 heavy (non-hydrogen) atoms. The minimum atomic E-state index is -0.0299. The first kappa shape index (κ1) is 45.9. The van der Waals surface area contributed by atoms with Crippen molar-refractivity contribution in [1.29, 1.82) is 0 Å². The first-order valence-corrected chi connectivity index (χ1v) is 20.8. The van der Waals surface area contributed by atoms with E-state index in [0.29, 0.717) is 19.4 Å². The molecule has 0 unspecified atom stereocenters. The molecule has 0 aromatic carbocycles. The monoisotopic (exact) mass is 668 g/mol. The van der Waals surface area contributed by atoms with Gasteiger partial charge < -0.3 is 19.5 Å². The SMILES string of the molecule is CCCCCCCCOC(=O)CCCCCCCN(CCO)CCCCCCCCCC(=O)OC(CCCCCC)CCCCCC. The van der Waals surface area contributed by atoms with E-state index in [2.05, 4.69) is 25.7 Å². The molecular formula is C41H81NO5. The molecule has 0 aliphatic rings. The highest BCUT2D eigenvalue weighted by molar-refractivity contribution is 5.69. The van der Waals surface area contributed by atoms with Crippen LogP contribution in [-0.2, 0) is 19.1 Å². The number of hydrogen-bond acceptors (Lipinski definition) is 6. The summed E-state index contributed by atoms with van der Waals surface area (Å²) in [5, 5.41) is 9.49. The van der Waals surface area contributed by atoms with Gasteiger partial charge in [0.15, 0.2) is 0 Å². The van der Waals surface area contributed by atoms with E-state index < -0.39 is 0 Å². The van der Waals surface area contributed by atoms with E-state index in [1.165, 1.54) is 122 Å². The number of ether oxygens (including phenoxy) is 2. The van der Waals surface area contributed by atoms with Crippen molar-refractivity contribution >= 4 is 11.9 Å². The van der Waals surface area contributed by atoms with E-state index in [1.807, 2.05) is 0 Å². The molecular weight excluding hydrogens is 586 g/mol. The lowest BCUT2D eigenvalue weighted by Gasteiger charge is -2.21. The molecule has 280 valence electrons. The normalized spacial score (nSPS) is 11.5. The highest BCUT2D eigenvalue weighted by Crippen LogP contribution is 2.18. The minimum absolute atomic E-state index is 0.0174. The van der Waals surface area contributed by atoms with E-state index in [-0.39, 0.29) is 24.6 Å². The molecule has 0 aliphatic carbocycles. The molecule has 1 N–H and O–H groups in total. The molecule has 6 heteroatoms. The van der Waals surface area contributed by atoms with Crippen molar-refractivity contribution in [3.63, 3.8) is 0 Å². The summed E-state index contributed by atoms with van der Waals surface area (Å²) in [6.07, 6.45) is 34.2. The van der Waals surface area contributed by atoms with Gasteiger partial charge in [-0.3, -0.25) is 9.59 Å². The van der Waals surface area contributed by atoms with E-state index in [1.54, 1.807) is 0 Å². The van der Waals surface area contributed by atoms with Gasteiger partial charge in [-0.2, -0.15) is 0 Å². The Morgan fingerprint density at radius 1 is 0.489 bits per heavy atom. The first-order valence-electron chi connectivity index (χ1n) is 20.8. The zero-order valence-corrected chi connectivity index (χ0v) is 31.9. The number of rotatable bonds is 38. The van der Waals surface area contributed by atoms with Crippen LogP contribution in [0, 0.1) is 0 Å². The van der Waals surface area contributed by atoms with Crippen LogP contribution >= 0.6 is 0 Å². The van der Waals surface area contributed by atoms with E-state index in [4.69, 9.17) is 9.47 Å².